The Morgan fingerprint density at radius 2 is 2.05 bits per heavy atom. The number of benzene rings is 1. The van der Waals surface area contributed by atoms with Gasteiger partial charge in [0.25, 0.3) is 0 Å². The summed E-state index contributed by atoms with van der Waals surface area (Å²) in [4.78, 5) is 11.7. The van der Waals surface area contributed by atoms with Crippen LogP contribution in [-0.4, -0.2) is 21.5 Å². The van der Waals surface area contributed by atoms with E-state index in [1.807, 2.05) is 6.92 Å². The van der Waals surface area contributed by atoms with E-state index in [9.17, 15) is 4.39 Å². The lowest BCUT2D eigenvalue weighted by molar-refractivity contribution is 0.627. The Hall–Kier alpha value is -2.90. The zero-order valence-corrected chi connectivity index (χ0v) is 10.8. The average molecular weight is 275 g/mol. The summed E-state index contributed by atoms with van der Waals surface area (Å²) in [6, 6.07) is 4.14. The first-order valence-corrected chi connectivity index (χ1v) is 5.71. The van der Waals surface area contributed by atoms with Crippen LogP contribution in [0.5, 0.6) is 0 Å². The summed E-state index contributed by atoms with van der Waals surface area (Å²) < 4.78 is 15.1. The van der Waals surface area contributed by atoms with Crippen LogP contribution in [0.2, 0.25) is 0 Å². The third-order valence-electron chi connectivity index (χ3n) is 2.50. The molecule has 0 aliphatic rings. The molecule has 6 N–H and O–H groups in total. The number of rotatable bonds is 2. The van der Waals surface area contributed by atoms with Gasteiger partial charge in [-0.15, -0.1) is 0 Å². The standard InChI is InChI=1S/C12H14FN7/c1-7-17-4-5-20(7)10-3-2-8(13)6-9(10)18-12(16)19-11(14)15/h2-6H,1H3,(H6,14,15,16,18,19). The Bertz CT molecular complexity index is 683. The summed E-state index contributed by atoms with van der Waals surface area (Å²) in [6.07, 6.45) is 3.36. The summed E-state index contributed by atoms with van der Waals surface area (Å²) in [7, 11) is 0. The Kier molecular flexibility index (Phi) is 3.65. The van der Waals surface area contributed by atoms with Gasteiger partial charge in [-0.3, -0.25) is 0 Å². The molecule has 0 aliphatic heterocycles. The van der Waals surface area contributed by atoms with Crippen LogP contribution in [0, 0.1) is 12.7 Å². The lowest BCUT2D eigenvalue weighted by Crippen LogP contribution is -2.26. The maximum absolute atomic E-state index is 13.4. The first-order chi connectivity index (χ1) is 9.47. The Morgan fingerprint density at radius 3 is 2.65 bits per heavy atom. The molecule has 0 amide bonds. The molecule has 20 heavy (non-hydrogen) atoms. The van der Waals surface area contributed by atoms with E-state index in [4.69, 9.17) is 17.2 Å². The van der Waals surface area contributed by atoms with Crippen molar-refractivity contribution in [3.63, 3.8) is 0 Å². The van der Waals surface area contributed by atoms with Gasteiger partial charge in [-0.2, -0.15) is 4.99 Å². The Balaban J connectivity index is 2.55. The highest BCUT2D eigenvalue weighted by Crippen LogP contribution is 2.25. The van der Waals surface area contributed by atoms with E-state index in [1.54, 1.807) is 23.0 Å². The van der Waals surface area contributed by atoms with Gasteiger partial charge >= 0.3 is 0 Å². The molecule has 0 atom stereocenters. The van der Waals surface area contributed by atoms with Crippen LogP contribution in [0.1, 0.15) is 5.82 Å². The van der Waals surface area contributed by atoms with E-state index in [2.05, 4.69) is 15.0 Å². The third-order valence-corrected chi connectivity index (χ3v) is 2.50. The van der Waals surface area contributed by atoms with Crippen molar-refractivity contribution in [1.82, 2.24) is 9.55 Å². The second-order valence-corrected chi connectivity index (χ2v) is 3.98. The first kappa shape index (κ1) is 13.5. The minimum absolute atomic E-state index is 0.158. The number of guanidine groups is 2. The highest BCUT2D eigenvalue weighted by atomic mass is 19.1. The largest absolute Gasteiger partial charge is 0.370 e. The fraction of sp³-hybridized carbons (Fsp3) is 0.0833. The summed E-state index contributed by atoms with van der Waals surface area (Å²) in [6.45, 7) is 1.82. The smallest absolute Gasteiger partial charge is 0.223 e. The second-order valence-electron chi connectivity index (χ2n) is 3.98. The van der Waals surface area contributed by atoms with Gasteiger partial charge < -0.3 is 21.8 Å². The number of imidazole rings is 1. The van der Waals surface area contributed by atoms with E-state index in [1.165, 1.54) is 12.1 Å². The van der Waals surface area contributed by atoms with Gasteiger partial charge in [0.15, 0.2) is 5.96 Å². The van der Waals surface area contributed by atoms with Crippen molar-refractivity contribution in [2.75, 3.05) is 0 Å². The summed E-state index contributed by atoms with van der Waals surface area (Å²) >= 11 is 0. The predicted octanol–water partition coefficient (Wildman–Crippen LogP) is 0.539. The Morgan fingerprint density at radius 1 is 1.30 bits per heavy atom. The molecular weight excluding hydrogens is 261 g/mol. The third kappa shape index (κ3) is 2.91. The molecule has 2 aromatic rings. The van der Waals surface area contributed by atoms with Crippen molar-refractivity contribution >= 4 is 17.6 Å². The second kappa shape index (κ2) is 5.39. The number of nitrogens with zero attached hydrogens (tertiary/aromatic N) is 4. The molecule has 0 unspecified atom stereocenters. The van der Waals surface area contributed by atoms with Crippen LogP contribution in [-0.2, 0) is 0 Å². The fourth-order valence-electron chi connectivity index (χ4n) is 1.70. The minimum Gasteiger partial charge on any atom is -0.370 e. The van der Waals surface area contributed by atoms with Crippen molar-refractivity contribution in [2.45, 2.75) is 6.92 Å². The molecule has 0 saturated heterocycles. The van der Waals surface area contributed by atoms with E-state index in [0.29, 0.717) is 11.4 Å². The highest BCUT2D eigenvalue weighted by Gasteiger charge is 2.08. The van der Waals surface area contributed by atoms with Gasteiger partial charge in [-0.05, 0) is 19.1 Å². The highest BCUT2D eigenvalue weighted by molar-refractivity contribution is 5.94. The minimum atomic E-state index is -0.442. The maximum Gasteiger partial charge on any atom is 0.223 e. The summed E-state index contributed by atoms with van der Waals surface area (Å²) in [5.41, 5.74) is 16.9. The van der Waals surface area contributed by atoms with Gasteiger partial charge in [-0.25, -0.2) is 14.4 Å². The topological polar surface area (TPSA) is 121 Å². The number of aliphatic imine (C=N–C) groups is 2. The van der Waals surface area contributed by atoms with Crippen molar-refractivity contribution in [3.05, 3.63) is 42.2 Å². The van der Waals surface area contributed by atoms with Crippen LogP contribution in [0.4, 0.5) is 10.1 Å². The predicted molar refractivity (Wildman–Crippen MR) is 75.4 cm³/mol. The SMILES string of the molecule is Cc1nccn1-c1ccc(F)cc1N=C(N)N=C(N)N. The van der Waals surface area contributed by atoms with Gasteiger partial charge in [0, 0.05) is 18.5 Å². The van der Waals surface area contributed by atoms with Crippen LogP contribution in [0.15, 0.2) is 40.6 Å². The summed E-state index contributed by atoms with van der Waals surface area (Å²) in [5, 5.41) is 0. The zero-order chi connectivity index (χ0) is 14.7. The van der Waals surface area contributed by atoms with Gasteiger partial charge in [0.2, 0.25) is 5.96 Å². The molecule has 0 fully saturated rings. The molecule has 2 rings (SSSR count). The van der Waals surface area contributed by atoms with Crippen molar-refractivity contribution in [3.8, 4) is 5.69 Å². The van der Waals surface area contributed by atoms with Crippen molar-refractivity contribution in [1.29, 1.82) is 0 Å². The molecule has 1 heterocycles. The van der Waals surface area contributed by atoms with Crippen LogP contribution in [0.3, 0.4) is 0 Å². The van der Waals surface area contributed by atoms with Crippen LogP contribution < -0.4 is 17.2 Å². The molecule has 1 aromatic carbocycles. The summed E-state index contributed by atoms with van der Waals surface area (Å²) in [5.74, 6) is -0.0890. The van der Waals surface area contributed by atoms with Crippen molar-refractivity contribution < 1.29 is 4.39 Å². The maximum atomic E-state index is 13.4. The van der Waals surface area contributed by atoms with Gasteiger partial charge in [0.1, 0.15) is 11.6 Å². The van der Waals surface area contributed by atoms with Crippen LogP contribution >= 0.6 is 0 Å². The molecule has 7 nitrogen and oxygen atoms in total. The molecule has 8 heteroatoms. The molecule has 0 spiro atoms. The van der Waals surface area contributed by atoms with Gasteiger partial charge in [-0.1, -0.05) is 0 Å². The lowest BCUT2D eigenvalue weighted by Gasteiger charge is -2.09. The zero-order valence-electron chi connectivity index (χ0n) is 10.8. The molecule has 0 aliphatic carbocycles. The average Bonchev–Trinajstić information content (AvgIpc) is 2.74. The van der Waals surface area contributed by atoms with E-state index >= 15 is 0 Å². The first-order valence-electron chi connectivity index (χ1n) is 5.71. The number of aryl methyl sites for hydroxylation is 1. The van der Waals surface area contributed by atoms with E-state index in [0.717, 1.165) is 5.82 Å². The van der Waals surface area contributed by atoms with E-state index < -0.39 is 5.82 Å². The van der Waals surface area contributed by atoms with Crippen molar-refractivity contribution in [2.24, 2.45) is 27.2 Å². The molecule has 0 radical (unpaired) electrons. The quantitative estimate of drug-likeness (QED) is 0.547. The molecule has 104 valence electrons. The monoisotopic (exact) mass is 275 g/mol. The number of halogens is 1. The number of aromatic nitrogens is 2. The number of hydrogen-bond acceptors (Lipinski definition) is 2. The van der Waals surface area contributed by atoms with Crippen LogP contribution in [0.25, 0.3) is 5.69 Å². The molecule has 0 saturated carbocycles. The van der Waals surface area contributed by atoms with Gasteiger partial charge in [0.05, 0.1) is 11.4 Å². The fourth-order valence-corrected chi connectivity index (χ4v) is 1.70. The lowest BCUT2D eigenvalue weighted by atomic mass is 10.2. The van der Waals surface area contributed by atoms with E-state index in [-0.39, 0.29) is 11.9 Å². The molecule has 1 aromatic heterocycles. The Labute approximate surface area is 114 Å². The number of hydrogen-bond donors (Lipinski definition) is 3. The molecular formula is C12H14FN7. The molecule has 0 bridgehead atoms. The number of nitrogens with two attached hydrogens (primary N) is 3. The normalized spacial score (nSPS) is 11.4.